The van der Waals surface area contributed by atoms with E-state index in [1.807, 2.05) is 0 Å². The Morgan fingerprint density at radius 2 is 2.31 bits per heavy atom. The standard InChI is InChI=1S/C9H11NO3/c1-5-7(9(11)12)13-8(10-5)6-3-2-4-6/h6H,2-4H2,1H3,(H,11,12). The average Bonchev–Trinajstić information content (AvgIpc) is 2.27. The van der Waals surface area contributed by atoms with E-state index < -0.39 is 5.97 Å². The highest BCUT2D eigenvalue weighted by Gasteiger charge is 2.27. The molecule has 1 aliphatic carbocycles. The van der Waals surface area contributed by atoms with Gasteiger partial charge in [0.15, 0.2) is 5.89 Å². The van der Waals surface area contributed by atoms with Crippen LogP contribution in [0.4, 0.5) is 0 Å². The molecule has 0 aromatic carbocycles. The van der Waals surface area contributed by atoms with E-state index in [0.717, 1.165) is 12.8 Å². The molecule has 4 nitrogen and oxygen atoms in total. The quantitative estimate of drug-likeness (QED) is 0.757. The first-order valence-corrected chi connectivity index (χ1v) is 4.39. The molecule has 0 spiro atoms. The molecular formula is C9H11NO3. The van der Waals surface area contributed by atoms with E-state index in [2.05, 4.69) is 4.98 Å². The van der Waals surface area contributed by atoms with Crippen molar-refractivity contribution in [3.05, 3.63) is 17.3 Å². The molecule has 70 valence electrons. The van der Waals surface area contributed by atoms with Gasteiger partial charge in [-0.2, -0.15) is 0 Å². The molecule has 0 aliphatic heterocycles. The molecule has 0 bridgehead atoms. The SMILES string of the molecule is Cc1nc(C2CCC2)oc1C(=O)O. The molecule has 0 saturated heterocycles. The summed E-state index contributed by atoms with van der Waals surface area (Å²) < 4.78 is 5.17. The Bertz CT molecular complexity index is 339. The molecule has 0 radical (unpaired) electrons. The second-order valence-corrected chi connectivity index (χ2v) is 3.40. The van der Waals surface area contributed by atoms with Crippen LogP contribution in [0, 0.1) is 6.92 Å². The predicted octanol–water partition coefficient (Wildman–Crippen LogP) is 1.95. The van der Waals surface area contributed by atoms with Crippen LogP contribution in [0.25, 0.3) is 0 Å². The maximum atomic E-state index is 10.6. The summed E-state index contributed by atoms with van der Waals surface area (Å²) in [7, 11) is 0. The zero-order chi connectivity index (χ0) is 9.42. The molecule has 1 aromatic heterocycles. The number of rotatable bonds is 2. The van der Waals surface area contributed by atoms with Gasteiger partial charge in [0.25, 0.3) is 0 Å². The van der Waals surface area contributed by atoms with Crippen LogP contribution in [0.3, 0.4) is 0 Å². The highest BCUT2D eigenvalue weighted by Crippen LogP contribution is 2.36. The first-order valence-electron chi connectivity index (χ1n) is 4.39. The molecule has 0 unspecified atom stereocenters. The number of aryl methyl sites for hydroxylation is 1. The van der Waals surface area contributed by atoms with Crippen molar-refractivity contribution in [3.63, 3.8) is 0 Å². The lowest BCUT2D eigenvalue weighted by atomic mass is 9.85. The number of hydrogen-bond acceptors (Lipinski definition) is 3. The highest BCUT2D eigenvalue weighted by molar-refractivity contribution is 5.85. The fourth-order valence-electron chi connectivity index (χ4n) is 1.45. The molecule has 1 N–H and O–H groups in total. The monoisotopic (exact) mass is 181 g/mol. The molecule has 1 heterocycles. The summed E-state index contributed by atoms with van der Waals surface area (Å²) in [6.07, 6.45) is 3.33. The second-order valence-electron chi connectivity index (χ2n) is 3.40. The molecule has 1 fully saturated rings. The molecule has 1 aliphatic rings. The lowest BCUT2D eigenvalue weighted by Crippen LogP contribution is -2.08. The third kappa shape index (κ3) is 1.32. The molecule has 1 saturated carbocycles. The fraction of sp³-hybridized carbons (Fsp3) is 0.556. The van der Waals surface area contributed by atoms with E-state index in [-0.39, 0.29) is 5.76 Å². The predicted molar refractivity (Wildman–Crippen MR) is 44.8 cm³/mol. The second kappa shape index (κ2) is 2.87. The van der Waals surface area contributed by atoms with Gasteiger partial charge in [0.05, 0.1) is 5.69 Å². The number of aromatic carboxylic acids is 1. The Hall–Kier alpha value is -1.32. The van der Waals surface area contributed by atoms with Crippen molar-refractivity contribution in [1.82, 2.24) is 4.98 Å². The van der Waals surface area contributed by atoms with Crippen molar-refractivity contribution in [2.24, 2.45) is 0 Å². The number of aromatic nitrogens is 1. The van der Waals surface area contributed by atoms with Crippen molar-refractivity contribution in [1.29, 1.82) is 0 Å². The Morgan fingerprint density at radius 1 is 1.62 bits per heavy atom. The summed E-state index contributed by atoms with van der Waals surface area (Å²) in [6, 6.07) is 0. The van der Waals surface area contributed by atoms with Gasteiger partial charge < -0.3 is 9.52 Å². The maximum Gasteiger partial charge on any atom is 0.373 e. The lowest BCUT2D eigenvalue weighted by molar-refractivity contribution is 0.0657. The van der Waals surface area contributed by atoms with Gasteiger partial charge in [-0.25, -0.2) is 9.78 Å². The van der Waals surface area contributed by atoms with Crippen molar-refractivity contribution in [2.45, 2.75) is 32.1 Å². The van der Waals surface area contributed by atoms with Crippen LogP contribution in [-0.2, 0) is 0 Å². The summed E-state index contributed by atoms with van der Waals surface area (Å²) in [5.74, 6) is -0.0922. The lowest BCUT2D eigenvalue weighted by Gasteiger charge is -2.21. The van der Waals surface area contributed by atoms with E-state index in [1.54, 1.807) is 6.92 Å². The smallest absolute Gasteiger partial charge is 0.373 e. The Kier molecular flexibility index (Phi) is 1.83. The highest BCUT2D eigenvalue weighted by atomic mass is 16.4. The third-order valence-corrected chi connectivity index (χ3v) is 2.46. The summed E-state index contributed by atoms with van der Waals surface area (Å²) in [5.41, 5.74) is 0.481. The zero-order valence-corrected chi connectivity index (χ0v) is 7.41. The summed E-state index contributed by atoms with van der Waals surface area (Å²) >= 11 is 0. The van der Waals surface area contributed by atoms with Crippen LogP contribution < -0.4 is 0 Å². The van der Waals surface area contributed by atoms with E-state index in [0.29, 0.717) is 17.5 Å². The van der Waals surface area contributed by atoms with Crippen molar-refractivity contribution < 1.29 is 14.3 Å². The van der Waals surface area contributed by atoms with Gasteiger partial charge >= 0.3 is 5.97 Å². The van der Waals surface area contributed by atoms with Crippen LogP contribution in [0.15, 0.2) is 4.42 Å². The van der Waals surface area contributed by atoms with Gasteiger partial charge in [0.2, 0.25) is 5.76 Å². The number of carbonyl (C=O) groups is 1. The molecule has 4 heteroatoms. The average molecular weight is 181 g/mol. The largest absolute Gasteiger partial charge is 0.475 e. The first-order chi connectivity index (χ1) is 6.18. The molecule has 13 heavy (non-hydrogen) atoms. The number of hydrogen-bond donors (Lipinski definition) is 1. The van der Waals surface area contributed by atoms with Crippen LogP contribution in [0.2, 0.25) is 0 Å². The summed E-state index contributed by atoms with van der Waals surface area (Å²) in [5, 5.41) is 8.72. The van der Waals surface area contributed by atoms with Gasteiger partial charge in [0.1, 0.15) is 0 Å². The molecule has 0 amide bonds. The van der Waals surface area contributed by atoms with Gasteiger partial charge in [-0.05, 0) is 19.8 Å². The minimum atomic E-state index is -1.03. The Balaban J connectivity index is 2.28. The molecule has 1 aromatic rings. The molecular weight excluding hydrogens is 170 g/mol. The zero-order valence-electron chi connectivity index (χ0n) is 7.41. The van der Waals surface area contributed by atoms with E-state index in [1.165, 1.54) is 6.42 Å². The minimum absolute atomic E-state index is 0.0121. The number of carboxylic acids is 1. The van der Waals surface area contributed by atoms with Crippen LogP contribution in [0.5, 0.6) is 0 Å². The summed E-state index contributed by atoms with van der Waals surface area (Å²) in [6.45, 7) is 1.66. The molecule has 0 atom stereocenters. The summed E-state index contributed by atoms with van der Waals surface area (Å²) in [4.78, 5) is 14.7. The topological polar surface area (TPSA) is 63.3 Å². The first kappa shape index (κ1) is 8.29. The number of nitrogens with zero attached hydrogens (tertiary/aromatic N) is 1. The van der Waals surface area contributed by atoms with Gasteiger partial charge in [-0.3, -0.25) is 0 Å². The maximum absolute atomic E-state index is 10.6. The Morgan fingerprint density at radius 3 is 2.69 bits per heavy atom. The normalized spacial score (nSPS) is 17.0. The van der Waals surface area contributed by atoms with E-state index >= 15 is 0 Å². The van der Waals surface area contributed by atoms with Crippen molar-refractivity contribution >= 4 is 5.97 Å². The number of carboxylic acid groups (broad SMARTS) is 1. The number of oxazole rings is 1. The van der Waals surface area contributed by atoms with Crippen LogP contribution in [0.1, 0.15) is 47.3 Å². The third-order valence-electron chi connectivity index (χ3n) is 2.46. The van der Waals surface area contributed by atoms with Gasteiger partial charge in [0, 0.05) is 5.92 Å². The van der Waals surface area contributed by atoms with E-state index in [9.17, 15) is 4.79 Å². The molecule has 2 rings (SSSR count). The Labute approximate surface area is 75.6 Å². The van der Waals surface area contributed by atoms with Crippen LogP contribution >= 0.6 is 0 Å². The van der Waals surface area contributed by atoms with Crippen LogP contribution in [-0.4, -0.2) is 16.1 Å². The van der Waals surface area contributed by atoms with Crippen molar-refractivity contribution in [3.8, 4) is 0 Å². The van der Waals surface area contributed by atoms with Gasteiger partial charge in [-0.1, -0.05) is 6.42 Å². The fourth-order valence-corrected chi connectivity index (χ4v) is 1.45. The van der Waals surface area contributed by atoms with Crippen molar-refractivity contribution in [2.75, 3.05) is 0 Å². The van der Waals surface area contributed by atoms with E-state index in [4.69, 9.17) is 9.52 Å². The van der Waals surface area contributed by atoms with Gasteiger partial charge in [-0.15, -0.1) is 0 Å². The minimum Gasteiger partial charge on any atom is -0.475 e.